The first-order valence-corrected chi connectivity index (χ1v) is 8.14. The van der Waals surface area contributed by atoms with E-state index in [0.29, 0.717) is 6.04 Å². The molecule has 3 atom stereocenters. The highest BCUT2D eigenvalue weighted by atomic mass is 32.2. The predicted octanol–water partition coefficient (Wildman–Crippen LogP) is 3.02. The van der Waals surface area contributed by atoms with Gasteiger partial charge in [0, 0.05) is 10.9 Å². The molecule has 1 aromatic rings. The Bertz CT molecular complexity index is 417. The van der Waals surface area contributed by atoms with E-state index in [0.717, 1.165) is 24.3 Å². The normalized spacial score (nSPS) is 25.9. The molecule has 1 aliphatic carbocycles. The van der Waals surface area contributed by atoms with Gasteiger partial charge in [-0.05, 0) is 44.0 Å². The Hall–Kier alpha value is -0.670. The van der Waals surface area contributed by atoms with E-state index in [1.807, 2.05) is 12.1 Å². The molecule has 0 aliphatic heterocycles. The highest BCUT2D eigenvalue weighted by Gasteiger charge is 2.29. The minimum Gasteiger partial charge on any atom is -0.313 e. The number of benzene rings is 1. The zero-order valence-corrected chi connectivity index (χ0v) is 12.1. The van der Waals surface area contributed by atoms with Gasteiger partial charge in [-0.1, -0.05) is 31.9 Å². The molecule has 0 bridgehead atoms. The molecule has 3 heteroatoms. The second kappa shape index (κ2) is 6.48. The van der Waals surface area contributed by atoms with E-state index in [2.05, 4.69) is 31.3 Å². The van der Waals surface area contributed by atoms with Crippen molar-refractivity contribution >= 4 is 10.8 Å². The van der Waals surface area contributed by atoms with Gasteiger partial charge in [0.1, 0.15) is 0 Å². The summed E-state index contributed by atoms with van der Waals surface area (Å²) in [5, 5.41) is 3.79. The Morgan fingerprint density at radius 1 is 1.33 bits per heavy atom. The van der Waals surface area contributed by atoms with Crippen LogP contribution in [-0.4, -0.2) is 22.0 Å². The molecule has 0 amide bonds. The summed E-state index contributed by atoms with van der Waals surface area (Å²) in [6, 6.07) is 8.55. The van der Waals surface area contributed by atoms with Crippen LogP contribution >= 0.6 is 0 Å². The van der Waals surface area contributed by atoms with Gasteiger partial charge in [-0.15, -0.1) is 0 Å². The molecule has 100 valence electrons. The minimum atomic E-state index is -0.874. The van der Waals surface area contributed by atoms with Crippen molar-refractivity contribution < 1.29 is 4.21 Å². The van der Waals surface area contributed by atoms with E-state index in [4.69, 9.17) is 0 Å². The first-order valence-electron chi connectivity index (χ1n) is 6.93. The maximum Gasteiger partial charge on any atom is 0.0576 e. The van der Waals surface area contributed by atoms with Crippen LogP contribution in [-0.2, 0) is 10.8 Å². The third kappa shape index (κ3) is 3.21. The summed E-state index contributed by atoms with van der Waals surface area (Å²) in [6.45, 7) is 5.15. The van der Waals surface area contributed by atoms with E-state index in [9.17, 15) is 4.21 Å². The number of rotatable bonds is 4. The van der Waals surface area contributed by atoms with Crippen molar-refractivity contribution in [2.45, 2.75) is 55.7 Å². The summed E-state index contributed by atoms with van der Waals surface area (Å²) in [6.07, 6.45) is 4.72. The van der Waals surface area contributed by atoms with Crippen molar-refractivity contribution in [3.05, 3.63) is 29.8 Å². The van der Waals surface area contributed by atoms with Crippen molar-refractivity contribution in [3.63, 3.8) is 0 Å². The van der Waals surface area contributed by atoms with Crippen LogP contribution in [0.3, 0.4) is 0 Å². The molecular weight excluding hydrogens is 242 g/mol. The van der Waals surface area contributed by atoms with Gasteiger partial charge in [-0.25, -0.2) is 0 Å². The van der Waals surface area contributed by atoms with E-state index in [-0.39, 0.29) is 5.25 Å². The molecule has 1 fully saturated rings. The summed E-state index contributed by atoms with van der Waals surface area (Å²) in [4.78, 5) is 0.991. The molecule has 2 nitrogen and oxygen atoms in total. The number of nitrogens with one attached hydrogen (secondary N) is 1. The van der Waals surface area contributed by atoms with Crippen LogP contribution in [0.4, 0.5) is 0 Å². The maximum atomic E-state index is 12.7. The summed E-state index contributed by atoms with van der Waals surface area (Å²) >= 11 is 0. The number of aryl methyl sites for hydroxylation is 1. The van der Waals surface area contributed by atoms with Crippen LogP contribution in [0.25, 0.3) is 0 Å². The smallest absolute Gasteiger partial charge is 0.0576 e. The average Bonchev–Trinajstić information content (AvgIpc) is 2.39. The highest BCUT2D eigenvalue weighted by molar-refractivity contribution is 7.85. The second-order valence-electron chi connectivity index (χ2n) is 5.10. The molecule has 1 saturated carbocycles. The average molecular weight is 265 g/mol. The molecule has 1 aromatic carbocycles. The van der Waals surface area contributed by atoms with Crippen molar-refractivity contribution in [2.75, 3.05) is 6.54 Å². The molecule has 3 unspecified atom stereocenters. The van der Waals surface area contributed by atoms with E-state index in [1.54, 1.807) is 0 Å². The van der Waals surface area contributed by atoms with Crippen LogP contribution < -0.4 is 5.32 Å². The third-order valence-corrected chi connectivity index (χ3v) is 5.50. The molecule has 0 saturated heterocycles. The molecule has 18 heavy (non-hydrogen) atoms. The van der Waals surface area contributed by atoms with Gasteiger partial charge < -0.3 is 5.32 Å². The molecule has 0 radical (unpaired) electrons. The second-order valence-corrected chi connectivity index (χ2v) is 6.77. The lowest BCUT2D eigenvalue weighted by Crippen LogP contribution is -2.44. The predicted molar refractivity (Wildman–Crippen MR) is 77.3 cm³/mol. The minimum absolute atomic E-state index is 0.278. The lowest BCUT2D eigenvalue weighted by Gasteiger charge is -2.31. The number of hydrogen-bond donors (Lipinski definition) is 1. The number of hydrogen-bond acceptors (Lipinski definition) is 2. The fourth-order valence-corrected chi connectivity index (χ4v) is 4.54. The monoisotopic (exact) mass is 265 g/mol. The SMILES string of the molecule is CCNC1CCCCC1S(=O)c1cccc(C)c1. The summed E-state index contributed by atoms with van der Waals surface area (Å²) in [5.41, 5.74) is 1.19. The summed E-state index contributed by atoms with van der Waals surface area (Å²) in [5.74, 6) is 0. The van der Waals surface area contributed by atoms with Crippen LogP contribution in [0, 0.1) is 6.92 Å². The van der Waals surface area contributed by atoms with E-state index in [1.165, 1.54) is 18.4 Å². The zero-order valence-electron chi connectivity index (χ0n) is 11.3. The summed E-state index contributed by atoms with van der Waals surface area (Å²) in [7, 11) is -0.874. The maximum absolute atomic E-state index is 12.7. The Morgan fingerprint density at radius 3 is 2.83 bits per heavy atom. The van der Waals surface area contributed by atoms with Gasteiger partial charge in [-0.2, -0.15) is 0 Å². The Labute approximate surface area is 113 Å². The van der Waals surface area contributed by atoms with Crippen molar-refractivity contribution in [1.82, 2.24) is 5.32 Å². The molecule has 0 aromatic heterocycles. The van der Waals surface area contributed by atoms with Gasteiger partial charge in [0.15, 0.2) is 0 Å². The van der Waals surface area contributed by atoms with Crippen molar-refractivity contribution in [3.8, 4) is 0 Å². The molecule has 1 aliphatic rings. The molecular formula is C15H23NOS. The van der Waals surface area contributed by atoms with Crippen LogP contribution in [0.5, 0.6) is 0 Å². The fraction of sp³-hybridized carbons (Fsp3) is 0.600. The van der Waals surface area contributed by atoms with Gasteiger partial charge in [0.2, 0.25) is 0 Å². The first kappa shape index (κ1) is 13.8. The molecule has 0 spiro atoms. The topological polar surface area (TPSA) is 29.1 Å². The Morgan fingerprint density at radius 2 is 2.11 bits per heavy atom. The van der Waals surface area contributed by atoms with Crippen LogP contribution in [0.2, 0.25) is 0 Å². The first-order chi connectivity index (χ1) is 8.72. The van der Waals surface area contributed by atoms with Crippen molar-refractivity contribution in [2.24, 2.45) is 0 Å². The molecule has 1 N–H and O–H groups in total. The fourth-order valence-electron chi connectivity index (χ4n) is 2.76. The van der Waals surface area contributed by atoms with E-state index >= 15 is 0 Å². The Balaban J connectivity index is 2.15. The van der Waals surface area contributed by atoms with Crippen molar-refractivity contribution in [1.29, 1.82) is 0 Å². The summed E-state index contributed by atoms with van der Waals surface area (Å²) < 4.78 is 12.7. The molecule has 0 heterocycles. The zero-order chi connectivity index (χ0) is 13.0. The molecule has 2 rings (SSSR count). The van der Waals surface area contributed by atoms with Gasteiger partial charge in [-0.3, -0.25) is 4.21 Å². The van der Waals surface area contributed by atoms with Crippen LogP contribution in [0.15, 0.2) is 29.2 Å². The van der Waals surface area contributed by atoms with Gasteiger partial charge in [0.25, 0.3) is 0 Å². The third-order valence-electron chi connectivity index (χ3n) is 3.67. The van der Waals surface area contributed by atoms with Gasteiger partial charge >= 0.3 is 0 Å². The lowest BCUT2D eigenvalue weighted by atomic mass is 9.95. The highest BCUT2D eigenvalue weighted by Crippen LogP contribution is 2.26. The Kier molecular flexibility index (Phi) is 4.95. The van der Waals surface area contributed by atoms with Gasteiger partial charge in [0.05, 0.1) is 16.0 Å². The standard InChI is InChI=1S/C15H23NOS/c1-3-16-14-9-4-5-10-15(14)18(17)13-8-6-7-12(2)11-13/h6-8,11,14-16H,3-5,9-10H2,1-2H3. The quantitative estimate of drug-likeness (QED) is 0.906. The lowest BCUT2D eigenvalue weighted by molar-refractivity contribution is 0.385. The van der Waals surface area contributed by atoms with E-state index < -0.39 is 10.8 Å². The van der Waals surface area contributed by atoms with Crippen LogP contribution in [0.1, 0.15) is 38.2 Å². The largest absolute Gasteiger partial charge is 0.313 e.